The largest absolute Gasteiger partial charge is 0.481 e. The monoisotopic (exact) mass is 214 g/mol. The van der Waals surface area contributed by atoms with Gasteiger partial charge in [-0.15, -0.1) is 0 Å². The second-order valence-electron chi connectivity index (χ2n) is 4.79. The second-order valence-corrected chi connectivity index (χ2v) is 4.79. The van der Waals surface area contributed by atoms with Gasteiger partial charge in [0.2, 0.25) is 0 Å². The Kier molecular flexibility index (Phi) is 8.44. The molecule has 0 aliphatic rings. The summed E-state index contributed by atoms with van der Waals surface area (Å²) in [5, 5.41) is 8.65. The van der Waals surface area contributed by atoms with Crippen molar-refractivity contribution in [1.29, 1.82) is 0 Å². The molecule has 1 unspecified atom stereocenters. The molecule has 0 radical (unpaired) electrons. The van der Waals surface area contributed by atoms with Crippen LogP contribution < -0.4 is 0 Å². The molecule has 0 aromatic carbocycles. The van der Waals surface area contributed by atoms with E-state index < -0.39 is 5.97 Å². The molecule has 90 valence electrons. The van der Waals surface area contributed by atoms with Crippen molar-refractivity contribution in [3.8, 4) is 0 Å². The van der Waals surface area contributed by atoms with Crippen molar-refractivity contribution in [2.45, 2.75) is 65.7 Å². The highest BCUT2D eigenvalue weighted by Gasteiger charge is 2.14. The lowest BCUT2D eigenvalue weighted by atomic mass is 9.86. The maximum absolute atomic E-state index is 10.5. The summed E-state index contributed by atoms with van der Waals surface area (Å²) >= 11 is 0. The summed E-state index contributed by atoms with van der Waals surface area (Å²) in [6.45, 7) is 6.61. The van der Waals surface area contributed by atoms with Gasteiger partial charge in [-0.25, -0.2) is 0 Å². The Bertz CT molecular complexity index is 164. The summed E-state index contributed by atoms with van der Waals surface area (Å²) in [5.74, 6) is 0.554. The van der Waals surface area contributed by atoms with Crippen molar-refractivity contribution < 1.29 is 9.90 Å². The number of carbonyl (C=O) groups is 1. The summed E-state index contributed by atoms with van der Waals surface area (Å²) in [7, 11) is 0. The number of hydrogen-bond donors (Lipinski definition) is 1. The van der Waals surface area contributed by atoms with E-state index in [-0.39, 0.29) is 0 Å². The summed E-state index contributed by atoms with van der Waals surface area (Å²) in [6, 6.07) is 0. The first-order valence-corrected chi connectivity index (χ1v) is 6.29. The molecule has 15 heavy (non-hydrogen) atoms. The van der Waals surface area contributed by atoms with Crippen LogP contribution in [0.5, 0.6) is 0 Å². The maximum atomic E-state index is 10.5. The van der Waals surface area contributed by atoms with Crippen LogP contribution in [0.1, 0.15) is 65.7 Å². The van der Waals surface area contributed by atoms with Crippen LogP contribution in [0.2, 0.25) is 0 Å². The Labute approximate surface area is 94.1 Å². The zero-order chi connectivity index (χ0) is 11.7. The summed E-state index contributed by atoms with van der Waals surface area (Å²) in [4.78, 5) is 10.5. The lowest BCUT2D eigenvalue weighted by Crippen LogP contribution is -2.11. The van der Waals surface area contributed by atoms with Crippen LogP contribution in [0.4, 0.5) is 0 Å². The van der Waals surface area contributed by atoms with Crippen molar-refractivity contribution in [3.05, 3.63) is 0 Å². The van der Waals surface area contributed by atoms with Crippen molar-refractivity contribution in [2.75, 3.05) is 0 Å². The van der Waals surface area contributed by atoms with E-state index in [0.717, 1.165) is 6.42 Å². The van der Waals surface area contributed by atoms with Gasteiger partial charge in [-0.1, -0.05) is 52.9 Å². The molecule has 2 nitrogen and oxygen atoms in total. The van der Waals surface area contributed by atoms with Crippen LogP contribution in [0.25, 0.3) is 0 Å². The van der Waals surface area contributed by atoms with Gasteiger partial charge < -0.3 is 5.11 Å². The van der Waals surface area contributed by atoms with Crippen molar-refractivity contribution in [1.82, 2.24) is 0 Å². The zero-order valence-corrected chi connectivity index (χ0v) is 10.5. The molecule has 1 atom stereocenters. The first-order chi connectivity index (χ1) is 7.07. The number of unbranched alkanes of at least 4 members (excludes halogenated alkanes) is 3. The fourth-order valence-electron chi connectivity index (χ4n) is 1.95. The Morgan fingerprint density at radius 2 is 1.80 bits per heavy atom. The molecular formula is C13H26O2. The molecule has 0 heterocycles. The van der Waals surface area contributed by atoms with E-state index in [1.165, 1.54) is 32.1 Å². The van der Waals surface area contributed by atoms with Crippen molar-refractivity contribution in [2.24, 2.45) is 11.8 Å². The Morgan fingerprint density at radius 1 is 1.13 bits per heavy atom. The lowest BCUT2D eigenvalue weighted by Gasteiger charge is -2.19. The van der Waals surface area contributed by atoms with Gasteiger partial charge in [0.15, 0.2) is 0 Å². The fraction of sp³-hybridized carbons (Fsp3) is 0.923. The van der Waals surface area contributed by atoms with E-state index in [1.807, 2.05) is 0 Å². The molecule has 1 N–H and O–H groups in total. The number of carboxylic acids is 1. The van der Waals surface area contributed by atoms with Crippen LogP contribution in [-0.4, -0.2) is 11.1 Å². The van der Waals surface area contributed by atoms with Crippen LogP contribution in [0.15, 0.2) is 0 Å². The molecular weight excluding hydrogens is 188 g/mol. The van der Waals surface area contributed by atoms with E-state index in [9.17, 15) is 4.79 Å². The molecule has 2 heteroatoms. The predicted octanol–water partition coefficient (Wildman–Crippen LogP) is 4.09. The van der Waals surface area contributed by atoms with Gasteiger partial charge in [-0.2, -0.15) is 0 Å². The van der Waals surface area contributed by atoms with Gasteiger partial charge >= 0.3 is 5.97 Å². The Balaban J connectivity index is 3.68. The molecule has 0 aromatic heterocycles. The highest BCUT2D eigenvalue weighted by Crippen LogP contribution is 2.23. The molecule has 0 saturated heterocycles. The van der Waals surface area contributed by atoms with Gasteiger partial charge in [0.25, 0.3) is 0 Å². The normalized spacial score (nSPS) is 13.1. The molecule has 0 aromatic rings. The standard InChI is InChI=1S/C13H26O2/c1-4-5-6-7-8-12(11(2)3)9-10-13(14)15/h11-12H,4-10H2,1-3H3,(H,14,15). The minimum atomic E-state index is -0.658. The highest BCUT2D eigenvalue weighted by molar-refractivity contribution is 5.66. The molecule has 0 amide bonds. The average molecular weight is 214 g/mol. The third-order valence-electron chi connectivity index (χ3n) is 3.10. The summed E-state index contributed by atoms with van der Waals surface area (Å²) < 4.78 is 0. The fourth-order valence-corrected chi connectivity index (χ4v) is 1.95. The van der Waals surface area contributed by atoms with Gasteiger partial charge in [0, 0.05) is 6.42 Å². The molecule has 0 rings (SSSR count). The topological polar surface area (TPSA) is 37.3 Å². The van der Waals surface area contributed by atoms with Crippen molar-refractivity contribution >= 4 is 5.97 Å². The second kappa shape index (κ2) is 8.75. The quantitative estimate of drug-likeness (QED) is 0.587. The Morgan fingerprint density at radius 3 is 2.27 bits per heavy atom. The molecule has 0 aliphatic heterocycles. The van der Waals surface area contributed by atoms with E-state index >= 15 is 0 Å². The van der Waals surface area contributed by atoms with Crippen LogP contribution >= 0.6 is 0 Å². The van der Waals surface area contributed by atoms with E-state index in [1.54, 1.807) is 0 Å². The van der Waals surface area contributed by atoms with Crippen LogP contribution in [0.3, 0.4) is 0 Å². The van der Waals surface area contributed by atoms with Gasteiger partial charge in [-0.3, -0.25) is 4.79 Å². The number of hydrogen-bond acceptors (Lipinski definition) is 1. The predicted molar refractivity (Wildman–Crippen MR) is 64.0 cm³/mol. The molecule has 0 spiro atoms. The third kappa shape index (κ3) is 8.46. The molecule has 0 aliphatic carbocycles. The van der Waals surface area contributed by atoms with Crippen LogP contribution in [-0.2, 0) is 4.79 Å². The average Bonchev–Trinajstić information content (AvgIpc) is 2.15. The smallest absolute Gasteiger partial charge is 0.303 e. The SMILES string of the molecule is CCCCCCC(CCC(=O)O)C(C)C. The van der Waals surface area contributed by atoms with E-state index in [4.69, 9.17) is 5.11 Å². The van der Waals surface area contributed by atoms with Crippen molar-refractivity contribution in [3.63, 3.8) is 0 Å². The maximum Gasteiger partial charge on any atom is 0.303 e. The first kappa shape index (κ1) is 14.5. The third-order valence-corrected chi connectivity index (χ3v) is 3.10. The lowest BCUT2D eigenvalue weighted by molar-refractivity contribution is -0.137. The number of aliphatic carboxylic acids is 1. The minimum absolute atomic E-state index is 0.330. The summed E-state index contributed by atoms with van der Waals surface area (Å²) in [5.41, 5.74) is 0. The summed E-state index contributed by atoms with van der Waals surface area (Å²) in [6.07, 6.45) is 7.51. The highest BCUT2D eigenvalue weighted by atomic mass is 16.4. The molecule has 0 saturated carbocycles. The van der Waals surface area contributed by atoms with Crippen LogP contribution in [0, 0.1) is 11.8 Å². The molecule has 0 bridgehead atoms. The van der Waals surface area contributed by atoms with Gasteiger partial charge in [0.1, 0.15) is 0 Å². The number of rotatable bonds is 9. The van der Waals surface area contributed by atoms with E-state index in [0.29, 0.717) is 18.3 Å². The number of carboxylic acid groups (broad SMARTS) is 1. The minimum Gasteiger partial charge on any atom is -0.481 e. The van der Waals surface area contributed by atoms with Gasteiger partial charge in [-0.05, 0) is 18.3 Å². The Hall–Kier alpha value is -0.530. The zero-order valence-electron chi connectivity index (χ0n) is 10.5. The van der Waals surface area contributed by atoms with E-state index in [2.05, 4.69) is 20.8 Å². The molecule has 0 fully saturated rings. The first-order valence-electron chi connectivity index (χ1n) is 6.29. The van der Waals surface area contributed by atoms with Gasteiger partial charge in [0.05, 0.1) is 0 Å².